The summed E-state index contributed by atoms with van der Waals surface area (Å²) in [5.74, 6) is 1.21. The van der Waals surface area contributed by atoms with Gasteiger partial charge in [-0.1, -0.05) is 53.7 Å². The van der Waals surface area contributed by atoms with Crippen molar-refractivity contribution in [2.45, 2.75) is 44.9 Å². The van der Waals surface area contributed by atoms with Gasteiger partial charge in [0.2, 0.25) is 0 Å². The van der Waals surface area contributed by atoms with Gasteiger partial charge in [-0.05, 0) is 30.0 Å². The number of rotatable bonds is 5. The van der Waals surface area contributed by atoms with E-state index in [1.165, 1.54) is 25.7 Å². The molecule has 1 nitrogen and oxygen atoms in total. The molecule has 1 aliphatic carbocycles. The highest BCUT2D eigenvalue weighted by Crippen LogP contribution is 2.28. The summed E-state index contributed by atoms with van der Waals surface area (Å²) in [5, 5.41) is 0. The summed E-state index contributed by atoms with van der Waals surface area (Å²) in [4.78, 5) is 11.8. The minimum absolute atomic E-state index is 0.388. The Balaban J connectivity index is 1.74. The van der Waals surface area contributed by atoms with Gasteiger partial charge in [-0.3, -0.25) is 4.79 Å². The molecule has 2 heteroatoms. The second kappa shape index (κ2) is 6.34. The zero-order valence-electron chi connectivity index (χ0n) is 10.1. The Kier molecular flexibility index (Phi) is 4.78. The summed E-state index contributed by atoms with van der Waals surface area (Å²) in [5.41, 5.74) is 1.13. The highest BCUT2D eigenvalue weighted by atomic mass is 79.9. The highest BCUT2D eigenvalue weighted by molar-refractivity contribution is 9.10. The van der Waals surface area contributed by atoms with E-state index in [0.29, 0.717) is 12.2 Å². The maximum atomic E-state index is 11.8. The first-order valence-corrected chi connectivity index (χ1v) is 7.29. The van der Waals surface area contributed by atoms with Crippen molar-refractivity contribution in [3.63, 3.8) is 0 Å². The Morgan fingerprint density at radius 1 is 1.18 bits per heavy atom. The van der Waals surface area contributed by atoms with Crippen LogP contribution in [0.3, 0.4) is 0 Å². The maximum absolute atomic E-state index is 11.8. The van der Waals surface area contributed by atoms with Crippen LogP contribution in [0.5, 0.6) is 0 Å². The van der Waals surface area contributed by atoms with Crippen LogP contribution in [0.15, 0.2) is 28.7 Å². The molecule has 0 atom stereocenters. The summed E-state index contributed by atoms with van der Waals surface area (Å²) in [6.07, 6.45) is 7.88. The summed E-state index contributed by atoms with van der Waals surface area (Å²) in [6, 6.07) is 8.05. The van der Waals surface area contributed by atoms with Crippen LogP contribution >= 0.6 is 15.9 Å². The monoisotopic (exact) mass is 294 g/mol. The van der Waals surface area contributed by atoms with Gasteiger partial charge in [0.05, 0.1) is 0 Å². The van der Waals surface area contributed by atoms with Gasteiger partial charge in [-0.2, -0.15) is 0 Å². The second-order valence-corrected chi connectivity index (χ2v) is 5.95. The first-order valence-electron chi connectivity index (χ1n) is 6.50. The lowest BCUT2D eigenvalue weighted by molar-refractivity contribution is -0.118. The lowest BCUT2D eigenvalue weighted by Crippen LogP contribution is -2.05. The smallest absolute Gasteiger partial charge is 0.137 e. The van der Waals surface area contributed by atoms with E-state index in [0.717, 1.165) is 28.8 Å². The molecule has 0 saturated heterocycles. The molecule has 0 amide bonds. The van der Waals surface area contributed by atoms with Crippen LogP contribution in [0.4, 0.5) is 0 Å². The molecular weight excluding hydrogens is 276 g/mol. The summed E-state index contributed by atoms with van der Waals surface area (Å²) >= 11 is 3.40. The molecule has 1 fully saturated rings. The van der Waals surface area contributed by atoms with Gasteiger partial charge >= 0.3 is 0 Å². The minimum Gasteiger partial charge on any atom is -0.299 e. The van der Waals surface area contributed by atoms with E-state index in [4.69, 9.17) is 0 Å². The number of hydrogen-bond acceptors (Lipinski definition) is 1. The molecule has 0 spiro atoms. The molecule has 0 unspecified atom stereocenters. The SMILES string of the molecule is O=C(CCC1CCCC1)Cc1ccc(Br)cc1. The van der Waals surface area contributed by atoms with Crippen molar-refractivity contribution >= 4 is 21.7 Å². The number of carbonyl (C=O) groups is 1. The van der Waals surface area contributed by atoms with Crippen LogP contribution in [0.2, 0.25) is 0 Å². The standard InChI is InChI=1S/C15H19BrO/c16-14-8-5-13(6-9-14)11-15(17)10-7-12-3-1-2-4-12/h5-6,8-9,12H,1-4,7,10-11H2. The summed E-state index contributed by atoms with van der Waals surface area (Å²) < 4.78 is 1.07. The third-order valence-electron chi connectivity index (χ3n) is 3.62. The van der Waals surface area contributed by atoms with Crippen molar-refractivity contribution in [1.82, 2.24) is 0 Å². The molecule has 0 aliphatic heterocycles. The molecule has 2 rings (SSSR count). The maximum Gasteiger partial charge on any atom is 0.137 e. The van der Waals surface area contributed by atoms with E-state index in [-0.39, 0.29) is 0 Å². The fourth-order valence-electron chi connectivity index (χ4n) is 2.58. The van der Waals surface area contributed by atoms with Gasteiger partial charge in [0.15, 0.2) is 0 Å². The largest absolute Gasteiger partial charge is 0.299 e. The van der Waals surface area contributed by atoms with Crippen molar-refractivity contribution in [1.29, 1.82) is 0 Å². The summed E-state index contributed by atoms with van der Waals surface area (Å²) in [7, 11) is 0. The topological polar surface area (TPSA) is 17.1 Å². The van der Waals surface area contributed by atoms with E-state index >= 15 is 0 Å². The van der Waals surface area contributed by atoms with E-state index in [1.807, 2.05) is 24.3 Å². The fraction of sp³-hybridized carbons (Fsp3) is 0.533. The van der Waals surface area contributed by atoms with E-state index in [2.05, 4.69) is 15.9 Å². The number of carbonyl (C=O) groups excluding carboxylic acids is 1. The third-order valence-corrected chi connectivity index (χ3v) is 4.15. The van der Waals surface area contributed by atoms with Crippen molar-refractivity contribution in [2.75, 3.05) is 0 Å². The Morgan fingerprint density at radius 2 is 1.82 bits per heavy atom. The number of Topliss-reactive ketones (excluding diaryl/α,β-unsaturated/α-hetero) is 1. The Hall–Kier alpha value is -0.630. The van der Waals surface area contributed by atoms with Crippen LogP contribution < -0.4 is 0 Å². The van der Waals surface area contributed by atoms with Gasteiger partial charge in [0, 0.05) is 17.3 Å². The second-order valence-electron chi connectivity index (χ2n) is 5.03. The average Bonchev–Trinajstić information content (AvgIpc) is 2.83. The quantitative estimate of drug-likeness (QED) is 0.780. The third kappa shape index (κ3) is 4.27. The van der Waals surface area contributed by atoms with Gasteiger partial charge in [-0.25, -0.2) is 0 Å². The van der Waals surface area contributed by atoms with Gasteiger partial charge in [0.25, 0.3) is 0 Å². The number of benzene rings is 1. The van der Waals surface area contributed by atoms with Crippen LogP contribution in [0, 0.1) is 5.92 Å². The van der Waals surface area contributed by atoms with Gasteiger partial charge in [0.1, 0.15) is 5.78 Å². The van der Waals surface area contributed by atoms with E-state index in [9.17, 15) is 4.79 Å². The molecule has 1 aromatic rings. The van der Waals surface area contributed by atoms with Crippen molar-refractivity contribution in [3.8, 4) is 0 Å². The molecule has 0 radical (unpaired) electrons. The first kappa shape index (κ1) is 12.8. The van der Waals surface area contributed by atoms with E-state index < -0.39 is 0 Å². The molecule has 0 bridgehead atoms. The zero-order valence-corrected chi connectivity index (χ0v) is 11.7. The predicted molar refractivity (Wildman–Crippen MR) is 74.0 cm³/mol. The molecule has 0 aromatic heterocycles. The zero-order chi connectivity index (χ0) is 12.1. The molecule has 1 saturated carbocycles. The van der Waals surface area contributed by atoms with Crippen LogP contribution in [-0.4, -0.2) is 5.78 Å². The number of ketones is 1. The molecule has 1 aromatic carbocycles. The van der Waals surface area contributed by atoms with Gasteiger partial charge in [-0.15, -0.1) is 0 Å². The number of hydrogen-bond donors (Lipinski definition) is 0. The predicted octanol–water partition coefficient (Wildman–Crippen LogP) is 4.53. The molecule has 0 N–H and O–H groups in total. The van der Waals surface area contributed by atoms with Gasteiger partial charge < -0.3 is 0 Å². The minimum atomic E-state index is 0.388. The lowest BCUT2D eigenvalue weighted by Gasteiger charge is -2.07. The Labute approximate surface area is 112 Å². The number of halogens is 1. The molecule has 92 valence electrons. The average molecular weight is 295 g/mol. The molecule has 17 heavy (non-hydrogen) atoms. The normalized spacial score (nSPS) is 16.3. The molecule has 0 heterocycles. The molecular formula is C15H19BrO. The van der Waals surface area contributed by atoms with Crippen molar-refractivity contribution in [2.24, 2.45) is 5.92 Å². The fourth-order valence-corrected chi connectivity index (χ4v) is 2.85. The van der Waals surface area contributed by atoms with E-state index in [1.54, 1.807) is 0 Å². The highest BCUT2D eigenvalue weighted by Gasteiger charge is 2.16. The first-order chi connectivity index (χ1) is 8.24. The Morgan fingerprint density at radius 3 is 2.47 bits per heavy atom. The van der Waals surface area contributed by atoms with Crippen molar-refractivity contribution in [3.05, 3.63) is 34.3 Å². The molecule has 1 aliphatic rings. The van der Waals surface area contributed by atoms with Crippen LogP contribution in [-0.2, 0) is 11.2 Å². The van der Waals surface area contributed by atoms with Crippen molar-refractivity contribution < 1.29 is 4.79 Å². The Bertz CT molecular complexity index is 363. The lowest BCUT2D eigenvalue weighted by atomic mass is 9.98. The van der Waals surface area contributed by atoms with Crippen LogP contribution in [0.1, 0.15) is 44.1 Å². The van der Waals surface area contributed by atoms with Crippen LogP contribution in [0.25, 0.3) is 0 Å². The summed E-state index contributed by atoms with van der Waals surface area (Å²) in [6.45, 7) is 0.